The first-order valence-electron chi connectivity index (χ1n) is 9.46. The highest BCUT2D eigenvalue weighted by Crippen LogP contribution is 2.43. The summed E-state index contributed by atoms with van der Waals surface area (Å²) in [5, 5.41) is 2.07. The van der Waals surface area contributed by atoms with Crippen LogP contribution in [0.3, 0.4) is 0 Å². The molecule has 0 spiro atoms. The molecule has 3 unspecified atom stereocenters. The summed E-state index contributed by atoms with van der Waals surface area (Å²) in [7, 11) is 3.30. The Bertz CT molecular complexity index is 827. The average Bonchev–Trinajstić information content (AvgIpc) is 3.37. The zero-order chi connectivity index (χ0) is 19.0. The Labute approximate surface area is 176 Å². The number of benzene rings is 1. The maximum Gasteiger partial charge on any atom is 0.226 e. The summed E-state index contributed by atoms with van der Waals surface area (Å²) in [6.07, 6.45) is 3.45. The summed E-state index contributed by atoms with van der Waals surface area (Å²) in [5.41, 5.74) is 8.43. The number of nitrogens with two attached hydrogens (primary N) is 1. The van der Waals surface area contributed by atoms with E-state index < -0.39 is 0 Å². The lowest BCUT2D eigenvalue weighted by Crippen LogP contribution is -2.43. The van der Waals surface area contributed by atoms with E-state index >= 15 is 0 Å². The Hall–Kier alpha value is -1.76. The van der Waals surface area contributed by atoms with E-state index in [1.807, 2.05) is 12.1 Å². The topological polar surface area (TPSA) is 64.8 Å². The molecule has 5 nitrogen and oxygen atoms in total. The molecule has 2 aromatic rings. The Morgan fingerprint density at radius 2 is 1.96 bits per heavy atom. The quantitative estimate of drug-likeness (QED) is 0.814. The van der Waals surface area contributed by atoms with Crippen LogP contribution in [0.2, 0.25) is 0 Å². The van der Waals surface area contributed by atoms with Crippen LogP contribution in [-0.4, -0.2) is 37.6 Å². The van der Waals surface area contributed by atoms with Gasteiger partial charge < -0.3 is 20.1 Å². The van der Waals surface area contributed by atoms with Gasteiger partial charge in [-0.25, -0.2) is 0 Å². The van der Waals surface area contributed by atoms with E-state index in [9.17, 15) is 4.79 Å². The summed E-state index contributed by atoms with van der Waals surface area (Å²) in [5.74, 6) is 1.73. The van der Waals surface area contributed by atoms with Gasteiger partial charge in [0.25, 0.3) is 0 Å². The maximum atomic E-state index is 13.4. The lowest BCUT2D eigenvalue weighted by atomic mass is 9.89. The van der Waals surface area contributed by atoms with Gasteiger partial charge in [-0.15, -0.1) is 23.7 Å². The second-order valence-electron chi connectivity index (χ2n) is 7.38. The third kappa shape index (κ3) is 3.73. The van der Waals surface area contributed by atoms with Crippen LogP contribution in [0.15, 0.2) is 29.6 Å². The third-order valence-electron chi connectivity index (χ3n) is 5.79. The van der Waals surface area contributed by atoms with Crippen LogP contribution in [0.4, 0.5) is 0 Å². The average molecular weight is 423 g/mol. The zero-order valence-electron chi connectivity index (χ0n) is 16.2. The van der Waals surface area contributed by atoms with E-state index in [4.69, 9.17) is 15.2 Å². The van der Waals surface area contributed by atoms with Gasteiger partial charge in [0.1, 0.15) is 0 Å². The number of carbonyl (C=O) groups is 1. The lowest BCUT2D eigenvalue weighted by Gasteiger charge is -2.38. The predicted molar refractivity (Wildman–Crippen MR) is 114 cm³/mol. The summed E-state index contributed by atoms with van der Waals surface area (Å²) in [6.45, 7) is 0.718. The molecule has 7 heteroatoms. The molecule has 1 fully saturated rings. The highest BCUT2D eigenvalue weighted by Gasteiger charge is 2.38. The molecule has 4 rings (SSSR count). The van der Waals surface area contributed by atoms with Crippen LogP contribution in [0.1, 0.15) is 41.3 Å². The largest absolute Gasteiger partial charge is 0.493 e. The summed E-state index contributed by atoms with van der Waals surface area (Å²) in [4.78, 5) is 16.6. The van der Waals surface area contributed by atoms with Crippen LogP contribution in [0.25, 0.3) is 0 Å². The third-order valence-corrected chi connectivity index (χ3v) is 6.72. The van der Waals surface area contributed by atoms with Crippen molar-refractivity contribution in [3.05, 3.63) is 45.6 Å². The minimum atomic E-state index is -0.0714. The normalized spacial score (nSPS) is 23.7. The molecule has 3 atom stereocenters. The summed E-state index contributed by atoms with van der Waals surface area (Å²) >= 11 is 1.69. The Morgan fingerprint density at radius 3 is 2.57 bits per heavy atom. The van der Waals surface area contributed by atoms with Crippen molar-refractivity contribution in [1.82, 2.24) is 4.90 Å². The van der Waals surface area contributed by atoms with Crippen LogP contribution in [0.5, 0.6) is 11.5 Å². The molecule has 1 aliphatic carbocycles. The predicted octanol–water partition coefficient (Wildman–Crippen LogP) is 3.79. The monoisotopic (exact) mass is 422 g/mol. The molecule has 1 aromatic heterocycles. The fourth-order valence-electron chi connectivity index (χ4n) is 4.41. The van der Waals surface area contributed by atoms with Gasteiger partial charge in [-0.1, -0.05) is 6.07 Å². The standard InChI is InChI=1S/C21H26N2O3S.ClH/c1-25-17-11-13-7-8-23(21(24)14-5-6-15(22)10-14)20(19-4-3-9-27-19)16(13)12-18(17)26-2;/h3-4,9,11-12,14-15,20H,5-8,10,22H2,1-2H3;1H. The van der Waals surface area contributed by atoms with E-state index in [0.717, 1.165) is 43.5 Å². The number of rotatable bonds is 4. The second-order valence-corrected chi connectivity index (χ2v) is 8.35. The van der Waals surface area contributed by atoms with E-state index in [1.165, 1.54) is 10.4 Å². The fraction of sp³-hybridized carbons (Fsp3) is 0.476. The number of halogens is 1. The highest BCUT2D eigenvalue weighted by molar-refractivity contribution is 7.10. The van der Waals surface area contributed by atoms with Crippen molar-refractivity contribution in [3.8, 4) is 11.5 Å². The van der Waals surface area contributed by atoms with Gasteiger partial charge in [-0.05, 0) is 60.4 Å². The molecule has 2 heterocycles. The van der Waals surface area contributed by atoms with Crippen LogP contribution >= 0.6 is 23.7 Å². The zero-order valence-corrected chi connectivity index (χ0v) is 17.9. The fourth-order valence-corrected chi connectivity index (χ4v) is 5.27. The molecule has 2 aliphatic rings. The van der Waals surface area contributed by atoms with Crippen molar-refractivity contribution in [1.29, 1.82) is 0 Å². The van der Waals surface area contributed by atoms with Crippen molar-refractivity contribution in [3.63, 3.8) is 0 Å². The molecule has 1 aromatic carbocycles. The van der Waals surface area contributed by atoms with E-state index in [2.05, 4.69) is 22.4 Å². The molecule has 152 valence electrons. The first-order chi connectivity index (χ1) is 13.1. The molecule has 1 amide bonds. The molecule has 0 saturated heterocycles. The Morgan fingerprint density at radius 1 is 1.21 bits per heavy atom. The van der Waals surface area contributed by atoms with Crippen LogP contribution in [0, 0.1) is 5.92 Å². The highest BCUT2D eigenvalue weighted by atomic mass is 35.5. The van der Waals surface area contributed by atoms with Crippen LogP contribution < -0.4 is 15.2 Å². The molecular weight excluding hydrogens is 396 g/mol. The number of fused-ring (bicyclic) bond motifs is 1. The van der Waals surface area contributed by atoms with Gasteiger partial charge in [-0.3, -0.25) is 4.79 Å². The van der Waals surface area contributed by atoms with E-state index in [-0.39, 0.29) is 36.3 Å². The number of carbonyl (C=O) groups excluding carboxylic acids is 1. The molecular formula is C21H27ClN2O3S. The van der Waals surface area contributed by atoms with Gasteiger partial charge in [-0.2, -0.15) is 0 Å². The van der Waals surface area contributed by atoms with Gasteiger partial charge in [0.2, 0.25) is 5.91 Å². The molecule has 2 N–H and O–H groups in total. The van der Waals surface area contributed by atoms with Crippen molar-refractivity contribution in [2.24, 2.45) is 11.7 Å². The van der Waals surface area contributed by atoms with Crippen molar-refractivity contribution in [2.45, 2.75) is 37.8 Å². The maximum absolute atomic E-state index is 13.4. The number of methoxy groups -OCH3 is 2. The van der Waals surface area contributed by atoms with E-state index in [0.29, 0.717) is 5.75 Å². The van der Waals surface area contributed by atoms with Gasteiger partial charge in [0, 0.05) is 23.4 Å². The molecule has 1 saturated carbocycles. The number of hydrogen-bond acceptors (Lipinski definition) is 5. The first kappa shape index (κ1) is 21.0. The Kier molecular flexibility index (Phi) is 6.53. The van der Waals surface area contributed by atoms with Gasteiger partial charge in [0.15, 0.2) is 11.5 Å². The number of thiophene rings is 1. The van der Waals surface area contributed by atoms with Gasteiger partial charge >= 0.3 is 0 Å². The number of ether oxygens (including phenoxy) is 2. The van der Waals surface area contributed by atoms with Crippen molar-refractivity contribution >= 4 is 29.7 Å². The molecule has 0 radical (unpaired) electrons. The number of hydrogen-bond donors (Lipinski definition) is 1. The van der Waals surface area contributed by atoms with E-state index in [1.54, 1.807) is 25.6 Å². The SMILES string of the molecule is COc1cc2c(cc1OC)C(c1cccs1)N(C(=O)C1CCC(N)C1)CC2.Cl. The number of amides is 1. The molecule has 28 heavy (non-hydrogen) atoms. The van der Waals surface area contributed by atoms with Crippen molar-refractivity contribution < 1.29 is 14.3 Å². The van der Waals surface area contributed by atoms with Crippen molar-refractivity contribution in [2.75, 3.05) is 20.8 Å². The summed E-state index contributed by atoms with van der Waals surface area (Å²) < 4.78 is 11.0. The molecule has 1 aliphatic heterocycles. The number of nitrogens with zero attached hydrogens (tertiary/aromatic N) is 1. The molecule has 0 bridgehead atoms. The van der Waals surface area contributed by atoms with Gasteiger partial charge in [0.05, 0.1) is 20.3 Å². The second kappa shape index (κ2) is 8.72. The smallest absolute Gasteiger partial charge is 0.226 e. The van der Waals surface area contributed by atoms with Crippen LogP contribution in [-0.2, 0) is 11.2 Å². The minimum Gasteiger partial charge on any atom is -0.493 e. The Balaban J connectivity index is 0.00000225. The lowest BCUT2D eigenvalue weighted by molar-refractivity contribution is -0.137. The summed E-state index contributed by atoms with van der Waals surface area (Å²) in [6, 6.07) is 8.34. The first-order valence-corrected chi connectivity index (χ1v) is 10.3. The minimum absolute atomic E-state index is 0.